The molecule has 1 aromatic heterocycles. The number of hydrogen-bond donors (Lipinski definition) is 1. The molecule has 1 heterocycles. The van der Waals surface area contributed by atoms with Gasteiger partial charge in [0.1, 0.15) is 17.4 Å². The lowest BCUT2D eigenvalue weighted by Gasteiger charge is -2.09. The summed E-state index contributed by atoms with van der Waals surface area (Å²) in [7, 11) is 0. The molecular formula is C24H22BrN3O2S. The largest absolute Gasteiger partial charge is 0.493 e. The molecule has 0 atom stereocenters. The van der Waals surface area contributed by atoms with Gasteiger partial charge < -0.3 is 4.74 Å². The topological polar surface area (TPSA) is 75.0 Å². The maximum Gasteiger partial charge on any atom is 0.268 e. The van der Waals surface area contributed by atoms with Crippen molar-refractivity contribution in [1.82, 2.24) is 4.98 Å². The molecule has 0 fully saturated rings. The molecule has 3 rings (SSSR count). The van der Waals surface area contributed by atoms with E-state index in [0.717, 1.165) is 34.2 Å². The van der Waals surface area contributed by atoms with Crippen LogP contribution in [0.3, 0.4) is 0 Å². The quantitative estimate of drug-likeness (QED) is 0.217. The Morgan fingerprint density at radius 2 is 2.03 bits per heavy atom. The zero-order chi connectivity index (χ0) is 22.1. The monoisotopic (exact) mass is 495 g/mol. The first-order chi connectivity index (χ1) is 15.1. The molecule has 2 aromatic carbocycles. The predicted octanol–water partition coefficient (Wildman–Crippen LogP) is 6.22. The number of thiazole rings is 1. The van der Waals surface area contributed by atoms with Crippen molar-refractivity contribution in [2.45, 2.75) is 26.2 Å². The summed E-state index contributed by atoms with van der Waals surface area (Å²) in [6, 6.07) is 17.4. The molecule has 0 aliphatic heterocycles. The first-order valence-corrected chi connectivity index (χ1v) is 11.5. The number of rotatable bonds is 9. The third-order valence-corrected chi connectivity index (χ3v) is 5.85. The van der Waals surface area contributed by atoms with Gasteiger partial charge in [0.15, 0.2) is 5.13 Å². The zero-order valence-electron chi connectivity index (χ0n) is 17.1. The van der Waals surface area contributed by atoms with Gasteiger partial charge in [-0.25, -0.2) is 4.98 Å². The molecule has 7 heteroatoms. The molecule has 3 aromatic rings. The van der Waals surface area contributed by atoms with E-state index in [9.17, 15) is 10.1 Å². The molecule has 0 radical (unpaired) electrons. The van der Waals surface area contributed by atoms with Crippen LogP contribution in [0.25, 0.3) is 6.08 Å². The Kier molecular flexibility index (Phi) is 8.39. The van der Waals surface area contributed by atoms with E-state index in [1.807, 2.05) is 54.6 Å². The first kappa shape index (κ1) is 22.7. The number of anilines is 1. The standard InChI is InChI=1S/C24H22BrN3O2S/c1-2-3-12-30-22-7-5-4-6-18(22)14-19(15-26)23(29)28-24-27-16-21(31-24)13-17-8-10-20(25)11-9-17/h4-11,14,16H,2-3,12-13H2,1H3,(H,27,28,29). The van der Waals surface area contributed by atoms with E-state index in [4.69, 9.17) is 4.74 Å². The van der Waals surface area contributed by atoms with E-state index in [1.54, 1.807) is 12.3 Å². The number of ether oxygens (including phenoxy) is 1. The number of benzene rings is 2. The molecule has 0 saturated heterocycles. The molecule has 0 bridgehead atoms. The second-order valence-corrected chi connectivity index (χ2v) is 8.83. The van der Waals surface area contributed by atoms with E-state index >= 15 is 0 Å². The summed E-state index contributed by atoms with van der Waals surface area (Å²) in [5.74, 6) is 0.165. The third-order valence-electron chi connectivity index (χ3n) is 4.41. The fourth-order valence-electron chi connectivity index (χ4n) is 2.78. The molecule has 0 aliphatic rings. The number of amides is 1. The van der Waals surface area contributed by atoms with Gasteiger partial charge in [0, 0.05) is 27.5 Å². The molecule has 158 valence electrons. The second kappa shape index (κ2) is 11.4. The number of unbranched alkanes of at least 4 members (excludes halogenated alkanes) is 1. The molecule has 1 amide bonds. The minimum Gasteiger partial charge on any atom is -0.493 e. The van der Waals surface area contributed by atoms with E-state index in [0.29, 0.717) is 23.1 Å². The van der Waals surface area contributed by atoms with Crippen molar-refractivity contribution in [2.24, 2.45) is 0 Å². The van der Waals surface area contributed by atoms with Crippen LogP contribution in [-0.2, 0) is 11.2 Å². The van der Waals surface area contributed by atoms with Crippen LogP contribution in [0.15, 0.2) is 64.8 Å². The molecule has 31 heavy (non-hydrogen) atoms. The normalized spacial score (nSPS) is 11.1. The number of halogens is 1. The Balaban J connectivity index is 1.69. The van der Waals surface area contributed by atoms with Crippen LogP contribution in [0, 0.1) is 11.3 Å². The van der Waals surface area contributed by atoms with Crippen molar-refractivity contribution in [2.75, 3.05) is 11.9 Å². The highest BCUT2D eigenvalue weighted by Crippen LogP contribution is 2.24. The van der Waals surface area contributed by atoms with Crippen LogP contribution in [0.2, 0.25) is 0 Å². The lowest BCUT2D eigenvalue weighted by Crippen LogP contribution is -2.13. The zero-order valence-corrected chi connectivity index (χ0v) is 19.5. The van der Waals surface area contributed by atoms with Gasteiger partial charge in [-0.15, -0.1) is 11.3 Å². The number of nitriles is 1. The van der Waals surface area contributed by atoms with E-state index < -0.39 is 5.91 Å². The summed E-state index contributed by atoms with van der Waals surface area (Å²) in [5, 5.41) is 12.7. The Labute approximate surface area is 194 Å². The summed E-state index contributed by atoms with van der Waals surface area (Å²) < 4.78 is 6.82. The van der Waals surface area contributed by atoms with Gasteiger partial charge in [0.05, 0.1) is 6.61 Å². The van der Waals surface area contributed by atoms with Gasteiger partial charge in [-0.05, 0) is 36.3 Å². The summed E-state index contributed by atoms with van der Waals surface area (Å²) in [6.45, 7) is 2.69. The van der Waals surface area contributed by atoms with Crippen LogP contribution >= 0.6 is 27.3 Å². The Morgan fingerprint density at radius 1 is 1.26 bits per heavy atom. The SMILES string of the molecule is CCCCOc1ccccc1C=C(C#N)C(=O)Nc1ncc(Cc2ccc(Br)cc2)s1. The van der Waals surface area contributed by atoms with Gasteiger partial charge in [0.25, 0.3) is 5.91 Å². The van der Waals surface area contributed by atoms with Crippen LogP contribution < -0.4 is 10.1 Å². The number of carbonyl (C=O) groups is 1. The number of aromatic nitrogens is 1. The average molecular weight is 496 g/mol. The maximum atomic E-state index is 12.6. The van der Waals surface area contributed by atoms with Crippen LogP contribution in [0.5, 0.6) is 5.75 Å². The summed E-state index contributed by atoms with van der Waals surface area (Å²) >= 11 is 4.82. The highest BCUT2D eigenvalue weighted by atomic mass is 79.9. The van der Waals surface area contributed by atoms with E-state index in [1.165, 1.54) is 11.3 Å². The summed E-state index contributed by atoms with van der Waals surface area (Å²) in [4.78, 5) is 17.9. The van der Waals surface area contributed by atoms with Crippen molar-refractivity contribution in [3.63, 3.8) is 0 Å². The van der Waals surface area contributed by atoms with Crippen molar-refractivity contribution in [1.29, 1.82) is 5.26 Å². The maximum absolute atomic E-state index is 12.6. The fraction of sp³-hybridized carbons (Fsp3) is 0.208. The minimum atomic E-state index is -0.490. The molecule has 1 N–H and O–H groups in total. The smallest absolute Gasteiger partial charge is 0.268 e. The summed E-state index contributed by atoms with van der Waals surface area (Å²) in [5.41, 5.74) is 1.85. The molecule has 5 nitrogen and oxygen atoms in total. The Hall–Kier alpha value is -2.95. The molecule has 0 saturated carbocycles. The Morgan fingerprint density at radius 3 is 2.77 bits per heavy atom. The number of carbonyl (C=O) groups excluding carboxylic acids is 1. The van der Waals surface area contributed by atoms with Crippen molar-refractivity contribution in [3.8, 4) is 11.8 Å². The highest BCUT2D eigenvalue weighted by molar-refractivity contribution is 9.10. The van der Waals surface area contributed by atoms with Gasteiger partial charge in [0.2, 0.25) is 0 Å². The van der Waals surface area contributed by atoms with Gasteiger partial charge in [-0.3, -0.25) is 10.1 Å². The van der Waals surface area contributed by atoms with Crippen molar-refractivity contribution in [3.05, 3.63) is 80.8 Å². The van der Waals surface area contributed by atoms with Gasteiger partial charge in [-0.2, -0.15) is 5.26 Å². The predicted molar refractivity (Wildman–Crippen MR) is 128 cm³/mol. The van der Waals surface area contributed by atoms with E-state index in [-0.39, 0.29) is 5.57 Å². The number of hydrogen-bond acceptors (Lipinski definition) is 5. The van der Waals surface area contributed by atoms with E-state index in [2.05, 4.69) is 33.2 Å². The lowest BCUT2D eigenvalue weighted by atomic mass is 10.1. The van der Waals surface area contributed by atoms with Gasteiger partial charge >= 0.3 is 0 Å². The van der Waals surface area contributed by atoms with Crippen molar-refractivity contribution >= 4 is 44.4 Å². The molecular weight excluding hydrogens is 474 g/mol. The van der Waals surface area contributed by atoms with Crippen LogP contribution in [0.1, 0.15) is 35.8 Å². The summed E-state index contributed by atoms with van der Waals surface area (Å²) in [6.07, 6.45) is 5.99. The molecule has 0 spiro atoms. The Bertz CT molecular complexity index is 1100. The number of para-hydroxylation sites is 1. The molecule has 0 unspecified atom stereocenters. The highest BCUT2D eigenvalue weighted by Gasteiger charge is 2.13. The minimum absolute atomic E-state index is 0.00352. The fourth-order valence-corrected chi connectivity index (χ4v) is 3.88. The van der Waals surface area contributed by atoms with Gasteiger partial charge in [-0.1, -0.05) is 59.6 Å². The van der Waals surface area contributed by atoms with Crippen LogP contribution in [0.4, 0.5) is 5.13 Å². The average Bonchev–Trinajstić information content (AvgIpc) is 3.21. The third kappa shape index (κ3) is 6.78. The lowest BCUT2D eigenvalue weighted by molar-refractivity contribution is -0.112. The van der Waals surface area contributed by atoms with Crippen LogP contribution in [-0.4, -0.2) is 17.5 Å². The first-order valence-electron chi connectivity index (χ1n) is 9.93. The number of nitrogens with one attached hydrogen (secondary N) is 1. The van der Waals surface area contributed by atoms with Crippen molar-refractivity contribution < 1.29 is 9.53 Å². The second-order valence-electron chi connectivity index (χ2n) is 6.80. The molecule has 0 aliphatic carbocycles. The number of nitrogens with zero attached hydrogens (tertiary/aromatic N) is 2.